The summed E-state index contributed by atoms with van der Waals surface area (Å²) in [5, 5.41) is 6.10. The summed E-state index contributed by atoms with van der Waals surface area (Å²) < 4.78 is 1.60. The molecule has 0 aliphatic carbocycles. The molecule has 1 amide bonds. The van der Waals surface area contributed by atoms with Crippen LogP contribution in [0.25, 0.3) is 21.3 Å². The van der Waals surface area contributed by atoms with Crippen LogP contribution in [0.15, 0.2) is 82.6 Å². The Balaban J connectivity index is 1.46. The molecule has 0 unspecified atom stereocenters. The molecular formula is C27H27N3O2S2. The maximum absolute atomic E-state index is 13.4. The summed E-state index contributed by atoms with van der Waals surface area (Å²) in [7, 11) is 0. The highest BCUT2D eigenvalue weighted by atomic mass is 32.2. The van der Waals surface area contributed by atoms with Crippen LogP contribution >= 0.6 is 23.1 Å². The molecule has 0 spiro atoms. The second-order valence-corrected chi connectivity index (χ2v) is 9.82. The zero-order chi connectivity index (χ0) is 23.9. The lowest BCUT2D eigenvalue weighted by Crippen LogP contribution is -2.27. The Morgan fingerprint density at radius 1 is 1.18 bits per heavy atom. The fraction of sp³-hybridized carbons (Fsp3) is 0.222. The summed E-state index contributed by atoms with van der Waals surface area (Å²) in [6.07, 6.45) is 3.48. The van der Waals surface area contributed by atoms with Crippen LogP contribution in [0.4, 0.5) is 0 Å². The number of nitrogens with zero attached hydrogens (tertiary/aromatic N) is 2. The lowest BCUT2D eigenvalue weighted by Gasteiger charge is -2.11. The molecule has 2 heterocycles. The SMILES string of the molecule is C=CCn1c(SCC(=O)NCCCc2ccccc2)nc2scc(-c3ccc(C)cc3)c2c1=O. The zero-order valence-corrected chi connectivity index (χ0v) is 20.8. The van der Waals surface area contributed by atoms with Gasteiger partial charge in [-0.05, 0) is 30.9 Å². The molecule has 4 aromatic rings. The molecule has 5 nitrogen and oxygen atoms in total. The van der Waals surface area contributed by atoms with Crippen molar-refractivity contribution in [1.82, 2.24) is 14.9 Å². The molecule has 34 heavy (non-hydrogen) atoms. The van der Waals surface area contributed by atoms with E-state index in [0.717, 1.165) is 24.0 Å². The fourth-order valence-corrected chi connectivity index (χ4v) is 5.52. The van der Waals surface area contributed by atoms with Gasteiger partial charge in [-0.1, -0.05) is 78.0 Å². The summed E-state index contributed by atoms with van der Waals surface area (Å²) in [5.74, 6) is 0.139. The van der Waals surface area contributed by atoms with Gasteiger partial charge in [-0.3, -0.25) is 14.2 Å². The normalized spacial score (nSPS) is 11.0. The van der Waals surface area contributed by atoms with Crippen molar-refractivity contribution >= 4 is 39.2 Å². The average Bonchev–Trinajstić information content (AvgIpc) is 3.28. The molecule has 174 valence electrons. The molecule has 0 bridgehead atoms. The Morgan fingerprint density at radius 2 is 1.94 bits per heavy atom. The second-order valence-electron chi connectivity index (χ2n) is 8.02. The van der Waals surface area contributed by atoms with Crippen LogP contribution in [0.1, 0.15) is 17.5 Å². The molecule has 0 atom stereocenters. The van der Waals surface area contributed by atoms with Gasteiger partial charge in [-0.15, -0.1) is 17.9 Å². The number of fused-ring (bicyclic) bond motifs is 1. The van der Waals surface area contributed by atoms with Gasteiger partial charge in [0.05, 0.1) is 11.1 Å². The highest BCUT2D eigenvalue weighted by molar-refractivity contribution is 7.99. The molecular weight excluding hydrogens is 462 g/mol. The summed E-state index contributed by atoms with van der Waals surface area (Å²) in [5.41, 5.74) is 4.22. The molecule has 0 saturated heterocycles. The van der Waals surface area contributed by atoms with Crippen molar-refractivity contribution in [1.29, 1.82) is 0 Å². The summed E-state index contributed by atoms with van der Waals surface area (Å²) >= 11 is 2.74. The van der Waals surface area contributed by atoms with E-state index in [0.29, 0.717) is 28.5 Å². The average molecular weight is 490 g/mol. The molecule has 2 aromatic heterocycles. The van der Waals surface area contributed by atoms with E-state index in [2.05, 4.69) is 24.0 Å². The minimum absolute atomic E-state index is 0.0657. The van der Waals surface area contributed by atoms with Crippen molar-refractivity contribution in [2.24, 2.45) is 0 Å². The van der Waals surface area contributed by atoms with E-state index in [1.807, 2.05) is 54.8 Å². The Labute approximate surface area is 207 Å². The quantitative estimate of drug-likeness (QED) is 0.139. The molecule has 0 aliphatic rings. The number of hydrogen-bond donors (Lipinski definition) is 1. The number of allylic oxidation sites excluding steroid dienone is 1. The number of nitrogens with one attached hydrogen (secondary N) is 1. The summed E-state index contributed by atoms with van der Waals surface area (Å²) in [6, 6.07) is 18.4. The smallest absolute Gasteiger partial charge is 0.263 e. The number of aryl methyl sites for hydroxylation is 2. The van der Waals surface area contributed by atoms with E-state index in [4.69, 9.17) is 4.98 Å². The topological polar surface area (TPSA) is 64.0 Å². The Morgan fingerprint density at radius 3 is 2.68 bits per heavy atom. The Hall–Kier alpha value is -3.16. The first-order chi connectivity index (χ1) is 16.6. The lowest BCUT2D eigenvalue weighted by atomic mass is 10.1. The van der Waals surface area contributed by atoms with Crippen LogP contribution in [0.3, 0.4) is 0 Å². The minimum Gasteiger partial charge on any atom is -0.355 e. The van der Waals surface area contributed by atoms with E-state index in [1.165, 1.54) is 34.2 Å². The summed E-state index contributed by atoms with van der Waals surface area (Å²) in [4.78, 5) is 31.2. The number of rotatable bonds is 10. The first-order valence-electron chi connectivity index (χ1n) is 11.2. The van der Waals surface area contributed by atoms with Crippen LogP contribution in [0.5, 0.6) is 0 Å². The number of amides is 1. The number of benzene rings is 2. The third-order valence-corrected chi connectivity index (χ3v) is 7.32. The fourth-order valence-electron chi connectivity index (χ4n) is 3.70. The number of hydrogen-bond acceptors (Lipinski definition) is 5. The maximum Gasteiger partial charge on any atom is 0.263 e. The van der Waals surface area contributed by atoms with E-state index in [1.54, 1.807) is 10.6 Å². The number of carbonyl (C=O) groups excluding carboxylic acids is 1. The van der Waals surface area contributed by atoms with Crippen molar-refractivity contribution in [3.05, 3.63) is 94.1 Å². The van der Waals surface area contributed by atoms with Crippen LogP contribution in [-0.2, 0) is 17.8 Å². The van der Waals surface area contributed by atoms with Gasteiger partial charge in [-0.2, -0.15) is 0 Å². The van der Waals surface area contributed by atoms with Crippen molar-refractivity contribution in [3.63, 3.8) is 0 Å². The molecule has 7 heteroatoms. The predicted octanol–water partition coefficient (Wildman–Crippen LogP) is 5.46. The van der Waals surface area contributed by atoms with E-state index >= 15 is 0 Å². The van der Waals surface area contributed by atoms with Crippen LogP contribution < -0.4 is 10.9 Å². The van der Waals surface area contributed by atoms with Gasteiger partial charge in [-0.25, -0.2) is 4.98 Å². The number of thiophene rings is 1. The van der Waals surface area contributed by atoms with Crippen LogP contribution in [0, 0.1) is 6.92 Å². The highest BCUT2D eigenvalue weighted by Gasteiger charge is 2.17. The van der Waals surface area contributed by atoms with Gasteiger partial charge >= 0.3 is 0 Å². The maximum atomic E-state index is 13.4. The Bertz CT molecular complexity index is 1340. The molecule has 0 radical (unpaired) electrons. The summed E-state index contributed by atoms with van der Waals surface area (Å²) in [6.45, 7) is 6.79. The van der Waals surface area contributed by atoms with Gasteiger partial charge in [0.1, 0.15) is 4.83 Å². The van der Waals surface area contributed by atoms with Crippen LogP contribution in [0.2, 0.25) is 0 Å². The lowest BCUT2D eigenvalue weighted by molar-refractivity contribution is -0.118. The highest BCUT2D eigenvalue weighted by Crippen LogP contribution is 2.32. The van der Waals surface area contributed by atoms with E-state index in [-0.39, 0.29) is 17.2 Å². The van der Waals surface area contributed by atoms with Crippen molar-refractivity contribution in [3.8, 4) is 11.1 Å². The number of carbonyl (C=O) groups is 1. The van der Waals surface area contributed by atoms with Gasteiger partial charge in [0.15, 0.2) is 5.16 Å². The largest absolute Gasteiger partial charge is 0.355 e. The van der Waals surface area contributed by atoms with Gasteiger partial charge in [0, 0.05) is 24.0 Å². The monoisotopic (exact) mass is 489 g/mol. The molecule has 4 rings (SSSR count). The standard InChI is InChI=1S/C27H27N3O2S2/c1-3-16-30-26(32)24-22(21-13-11-19(2)12-14-21)17-33-25(24)29-27(30)34-18-23(31)28-15-7-10-20-8-5-4-6-9-20/h3-6,8-9,11-14,17H,1,7,10,15-16,18H2,2H3,(H,28,31). The predicted molar refractivity (Wildman–Crippen MR) is 143 cm³/mol. The van der Waals surface area contributed by atoms with Crippen LogP contribution in [-0.4, -0.2) is 27.8 Å². The van der Waals surface area contributed by atoms with Crippen molar-refractivity contribution in [2.45, 2.75) is 31.5 Å². The van der Waals surface area contributed by atoms with Gasteiger partial charge < -0.3 is 5.32 Å². The Kier molecular flexibility index (Phi) is 7.98. The zero-order valence-electron chi connectivity index (χ0n) is 19.1. The molecule has 1 N–H and O–H groups in total. The van der Waals surface area contributed by atoms with Crippen molar-refractivity contribution in [2.75, 3.05) is 12.3 Å². The first kappa shape index (κ1) is 24.0. The number of thioether (sulfide) groups is 1. The van der Waals surface area contributed by atoms with E-state index in [9.17, 15) is 9.59 Å². The van der Waals surface area contributed by atoms with Gasteiger partial charge in [0.2, 0.25) is 5.91 Å². The molecule has 0 saturated carbocycles. The molecule has 0 fully saturated rings. The third kappa shape index (κ3) is 5.66. The molecule has 0 aliphatic heterocycles. The molecule has 2 aromatic carbocycles. The first-order valence-corrected chi connectivity index (χ1v) is 13.1. The minimum atomic E-state index is -0.104. The third-order valence-electron chi connectivity index (χ3n) is 5.47. The number of aromatic nitrogens is 2. The second kappa shape index (κ2) is 11.3. The van der Waals surface area contributed by atoms with Crippen molar-refractivity contribution < 1.29 is 4.79 Å². The van der Waals surface area contributed by atoms with E-state index < -0.39 is 0 Å². The van der Waals surface area contributed by atoms with Gasteiger partial charge in [0.25, 0.3) is 5.56 Å².